The van der Waals surface area contributed by atoms with E-state index in [-0.39, 0.29) is 12.5 Å². The molecule has 0 aliphatic rings. The largest absolute Gasteiger partial charge is 0.352 e. The molecule has 0 fully saturated rings. The number of sulfonamides is 1. The lowest BCUT2D eigenvalue weighted by Crippen LogP contribution is -2.29. The van der Waals surface area contributed by atoms with E-state index >= 15 is 0 Å². The summed E-state index contributed by atoms with van der Waals surface area (Å²) < 4.78 is 25.7. The molecular formula is C19H23ClN2O3S. The first kappa shape index (κ1) is 20.3. The molecule has 7 heteroatoms. The van der Waals surface area contributed by atoms with Gasteiger partial charge in [-0.05, 0) is 42.3 Å². The third kappa shape index (κ3) is 5.75. The van der Waals surface area contributed by atoms with Crippen LogP contribution in [0.15, 0.2) is 48.5 Å². The first-order valence-electron chi connectivity index (χ1n) is 8.41. The van der Waals surface area contributed by atoms with Crippen LogP contribution in [0.4, 0.5) is 5.69 Å². The molecule has 0 aliphatic carbocycles. The fraction of sp³-hybridized carbons (Fsp3) is 0.316. The van der Waals surface area contributed by atoms with Crippen molar-refractivity contribution in [1.82, 2.24) is 5.32 Å². The number of carbonyl (C=O) groups is 1. The minimum absolute atomic E-state index is 0.125. The van der Waals surface area contributed by atoms with Gasteiger partial charge in [-0.1, -0.05) is 43.1 Å². The summed E-state index contributed by atoms with van der Waals surface area (Å²) in [7, 11) is -3.48. The summed E-state index contributed by atoms with van der Waals surface area (Å²) in [6.45, 7) is 2.87. The van der Waals surface area contributed by atoms with Crippen LogP contribution in [0.25, 0.3) is 0 Å². The second-order valence-electron chi connectivity index (χ2n) is 6.06. The number of amides is 1. The monoisotopic (exact) mass is 394 g/mol. The Morgan fingerprint density at radius 1 is 1.15 bits per heavy atom. The van der Waals surface area contributed by atoms with Gasteiger partial charge in [0, 0.05) is 17.1 Å². The summed E-state index contributed by atoms with van der Waals surface area (Å²) in [5.41, 5.74) is 1.83. The Bertz CT molecular complexity index is 851. The highest BCUT2D eigenvalue weighted by atomic mass is 35.5. The third-order valence-electron chi connectivity index (χ3n) is 3.85. The molecule has 0 bridgehead atoms. The van der Waals surface area contributed by atoms with Crippen molar-refractivity contribution in [3.05, 3.63) is 64.7 Å². The Hall–Kier alpha value is -2.05. The summed E-state index contributed by atoms with van der Waals surface area (Å²) >= 11 is 5.98. The zero-order valence-electron chi connectivity index (χ0n) is 14.9. The van der Waals surface area contributed by atoms with Crippen molar-refractivity contribution in [2.75, 3.05) is 17.1 Å². The summed E-state index contributed by atoms with van der Waals surface area (Å²) in [6, 6.07) is 13.6. The number of rotatable bonds is 8. The van der Waals surface area contributed by atoms with Crippen LogP contribution in [0.2, 0.25) is 5.02 Å². The fourth-order valence-corrected chi connectivity index (χ4v) is 3.50. The van der Waals surface area contributed by atoms with Gasteiger partial charge in [-0.25, -0.2) is 8.42 Å². The molecule has 0 spiro atoms. The predicted molar refractivity (Wildman–Crippen MR) is 106 cm³/mol. The van der Waals surface area contributed by atoms with Gasteiger partial charge in [-0.2, -0.15) is 0 Å². The lowest BCUT2D eigenvalue weighted by molar-refractivity contribution is 0.0953. The van der Waals surface area contributed by atoms with E-state index < -0.39 is 10.0 Å². The molecule has 2 aromatic carbocycles. The number of benzene rings is 2. The molecule has 0 aromatic heterocycles. The van der Waals surface area contributed by atoms with E-state index in [1.165, 1.54) is 4.31 Å². The van der Waals surface area contributed by atoms with Gasteiger partial charge in [-0.15, -0.1) is 0 Å². The molecule has 0 radical (unpaired) electrons. The Labute approximate surface area is 160 Å². The van der Waals surface area contributed by atoms with E-state index in [1.54, 1.807) is 48.5 Å². The van der Waals surface area contributed by atoms with E-state index in [2.05, 4.69) is 12.2 Å². The maximum Gasteiger partial charge on any atom is 0.251 e. The van der Waals surface area contributed by atoms with Gasteiger partial charge in [0.1, 0.15) is 0 Å². The molecule has 26 heavy (non-hydrogen) atoms. The van der Waals surface area contributed by atoms with E-state index in [0.29, 0.717) is 22.8 Å². The molecule has 0 heterocycles. The van der Waals surface area contributed by atoms with E-state index in [9.17, 15) is 13.2 Å². The molecule has 1 N–H and O–H groups in total. The maximum atomic E-state index is 12.2. The number of halogens is 1. The Morgan fingerprint density at radius 2 is 1.85 bits per heavy atom. The van der Waals surface area contributed by atoms with Gasteiger partial charge in [0.2, 0.25) is 10.0 Å². The maximum absolute atomic E-state index is 12.2. The van der Waals surface area contributed by atoms with Crippen molar-refractivity contribution in [2.24, 2.45) is 0 Å². The van der Waals surface area contributed by atoms with Crippen LogP contribution in [0.1, 0.15) is 35.7 Å². The molecule has 0 saturated heterocycles. The highest BCUT2D eigenvalue weighted by Crippen LogP contribution is 2.24. The lowest BCUT2D eigenvalue weighted by Gasteiger charge is -2.22. The van der Waals surface area contributed by atoms with Crippen LogP contribution < -0.4 is 9.62 Å². The van der Waals surface area contributed by atoms with Crippen molar-refractivity contribution in [3.8, 4) is 0 Å². The standard InChI is InChI=1S/C19H23ClN2O3S/c1-3-4-12-21-19(23)16-10-8-15(9-11-16)14-22(26(2,24)25)18-7-5-6-17(20)13-18/h5-11,13H,3-4,12,14H2,1-2H3,(H,21,23). The summed E-state index contributed by atoms with van der Waals surface area (Å²) in [5, 5.41) is 3.32. The first-order chi connectivity index (χ1) is 12.3. The molecule has 1 amide bonds. The molecule has 2 rings (SSSR count). The number of unbranched alkanes of at least 4 members (excludes halogenated alkanes) is 1. The van der Waals surface area contributed by atoms with Gasteiger partial charge < -0.3 is 5.32 Å². The number of hydrogen-bond donors (Lipinski definition) is 1. The highest BCUT2D eigenvalue weighted by Gasteiger charge is 2.18. The van der Waals surface area contributed by atoms with Crippen LogP contribution in [0, 0.1) is 0 Å². The summed E-state index contributed by atoms with van der Waals surface area (Å²) in [6.07, 6.45) is 3.11. The molecule has 2 aromatic rings. The molecule has 140 valence electrons. The zero-order valence-corrected chi connectivity index (χ0v) is 16.5. The average molecular weight is 395 g/mol. The molecule has 0 saturated carbocycles. The number of carbonyl (C=O) groups excluding carboxylic acids is 1. The van der Waals surface area contributed by atoms with E-state index in [1.807, 2.05) is 0 Å². The molecule has 0 unspecified atom stereocenters. The van der Waals surface area contributed by atoms with Gasteiger partial charge >= 0.3 is 0 Å². The van der Waals surface area contributed by atoms with Crippen LogP contribution in [0.5, 0.6) is 0 Å². The number of nitrogens with one attached hydrogen (secondary N) is 1. The van der Waals surface area contributed by atoms with Crippen LogP contribution >= 0.6 is 11.6 Å². The number of anilines is 1. The van der Waals surface area contributed by atoms with E-state index in [0.717, 1.165) is 24.7 Å². The van der Waals surface area contributed by atoms with Gasteiger partial charge in [0.15, 0.2) is 0 Å². The minimum atomic E-state index is -3.48. The van der Waals surface area contributed by atoms with Crippen LogP contribution in [0.3, 0.4) is 0 Å². The molecular weight excluding hydrogens is 372 g/mol. The van der Waals surface area contributed by atoms with E-state index in [4.69, 9.17) is 11.6 Å². The number of nitrogens with zero attached hydrogens (tertiary/aromatic N) is 1. The van der Waals surface area contributed by atoms with Gasteiger partial charge in [-0.3, -0.25) is 9.10 Å². The van der Waals surface area contributed by atoms with Gasteiger partial charge in [0.05, 0.1) is 18.5 Å². The van der Waals surface area contributed by atoms with Crippen molar-refractivity contribution in [3.63, 3.8) is 0 Å². The quantitative estimate of drug-likeness (QED) is 0.692. The normalized spacial score (nSPS) is 11.2. The summed E-state index contributed by atoms with van der Waals surface area (Å²) in [4.78, 5) is 12.0. The van der Waals surface area contributed by atoms with Crippen LogP contribution in [-0.4, -0.2) is 27.1 Å². The third-order valence-corrected chi connectivity index (χ3v) is 5.23. The topological polar surface area (TPSA) is 66.5 Å². The summed E-state index contributed by atoms with van der Waals surface area (Å²) in [5.74, 6) is -0.125. The van der Waals surface area contributed by atoms with Gasteiger partial charge in [0.25, 0.3) is 5.91 Å². The number of hydrogen-bond acceptors (Lipinski definition) is 3. The molecule has 0 aliphatic heterocycles. The zero-order chi connectivity index (χ0) is 19.2. The lowest BCUT2D eigenvalue weighted by atomic mass is 10.1. The average Bonchev–Trinajstić information content (AvgIpc) is 2.59. The molecule has 5 nitrogen and oxygen atoms in total. The van der Waals surface area contributed by atoms with Crippen molar-refractivity contribution >= 4 is 33.2 Å². The Kier molecular flexibility index (Phi) is 7.06. The smallest absolute Gasteiger partial charge is 0.251 e. The SMILES string of the molecule is CCCCNC(=O)c1ccc(CN(c2cccc(Cl)c2)S(C)(=O)=O)cc1. The van der Waals surface area contributed by atoms with Crippen molar-refractivity contribution in [2.45, 2.75) is 26.3 Å². The fourth-order valence-electron chi connectivity index (χ4n) is 2.44. The first-order valence-corrected chi connectivity index (χ1v) is 10.6. The highest BCUT2D eigenvalue weighted by molar-refractivity contribution is 7.92. The van der Waals surface area contributed by atoms with Crippen molar-refractivity contribution < 1.29 is 13.2 Å². The second kappa shape index (κ2) is 9.05. The molecule has 0 atom stereocenters. The van der Waals surface area contributed by atoms with Crippen molar-refractivity contribution in [1.29, 1.82) is 0 Å². The second-order valence-corrected chi connectivity index (χ2v) is 8.40. The Balaban J connectivity index is 2.15. The predicted octanol–water partition coefficient (Wildman–Crippen LogP) is 3.84. The Morgan fingerprint density at radius 3 is 2.42 bits per heavy atom. The minimum Gasteiger partial charge on any atom is -0.352 e. The van der Waals surface area contributed by atoms with Crippen LogP contribution in [-0.2, 0) is 16.6 Å².